The molecular formula is C20H23N3. The van der Waals surface area contributed by atoms with E-state index >= 15 is 0 Å². The molecule has 0 amide bonds. The first-order valence-electron chi connectivity index (χ1n) is 8.56. The highest BCUT2D eigenvalue weighted by atomic mass is 15.3. The monoisotopic (exact) mass is 305 g/mol. The fraction of sp³-hybridized carbons (Fsp3) is 0.400. The number of aromatic nitrogens is 3. The quantitative estimate of drug-likeness (QED) is 0.815. The summed E-state index contributed by atoms with van der Waals surface area (Å²) in [4.78, 5) is 0. The maximum Gasteiger partial charge on any atom is 0.168 e. The van der Waals surface area contributed by atoms with Crippen LogP contribution < -0.4 is 0 Å². The Morgan fingerprint density at radius 1 is 1.00 bits per heavy atom. The molecule has 1 saturated carbocycles. The molecule has 118 valence electrons. The van der Waals surface area contributed by atoms with Crippen LogP contribution in [0.15, 0.2) is 30.4 Å². The van der Waals surface area contributed by atoms with Gasteiger partial charge >= 0.3 is 0 Å². The molecule has 3 nitrogen and oxygen atoms in total. The number of hydrogen-bond acceptors (Lipinski definition) is 2. The van der Waals surface area contributed by atoms with E-state index in [1.165, 1.54) is 40.8 Å². The molecule has 2 aromatic rings. The molecule has 0 spiro atoms. The van der Waals surface area contributed by atoms with Crippen LogP contribution in [-0.2, 0) is 0 Å². The van der Waals surface area contributed by atoms with E-state index in [9.17, 15) is 0 Å². The molecule has 0 radical (unpaired) electrons. The van der Waals surface area contributed by atoms with Gasteiger partial charge in [0.05, 0.1) is 5.69 Å². The lowest BCUT2D eigenvalue weighted by molar-refractivity contribution is 0.938. The van der Waals surface area contributed by atoms with Crippen LogP contribution in [0.25, 0.3) is 11.3 Å². The standard InChI is InChI=1S/C20H23N3/c1-13-14(2)19(12-11-18(13)16-9-10-16)23-15(3)21-22-20(23)17-7-5-4-6-8-17/h5,7-8,11-12,16H,4,6,9-10H2,1-3H3. The van der Waals surface area contributed by atoms with Crippen molar-refractivity contribution in [3.8, 4) is 5.69 Å². The van der Waals surface area contributed by atoms with E-state index in [0.717, 1.165) is 30.4 Å². The third-order valence-corrected chi connectivity index (χ3v) is 5.14. The van der Waals surface area contributed by atoms with Crippen LogP contribution in [0.2, 0.25) is 0 Å². The minimum Gasteiger partial charge on any atom is -0.279 e. The van der Waals surface area contributed by atoms with Gasteiger partial charge in [0.15, 0.2) is 5.82 Å². The predicted octanol–water partition coefficient (Wildman–Crippen LogP) is 4.80. The summed E-state index contributed by atoms with van der Waals surface area (Å²) >= 11 is 0. The Morgan fingerprint density at radius 2 is 1.83 bits per heavy atom. The normalized spacial score (nSPS) is 17.4. The average molecular weight is 305 g/mol. The molecule has 2 aliphatic rings. The SMILES string of the molecule is Cc1c(C2CC2)ccc(-n2c(C)nnc2C2=CCCC=C2)c1C. The molecule has 1 fully saturated rings. The number of allylic oxidation sites excluding steroid dienone is 4. The average Bonchev–Trinajstić information content (AvgIpc) is 3.34. The molecule has 1 aromatic carbocycles. The van der Waals surface area contributed by atoms with Crippen LogP contribution in [0.4, 0.5) is 0 Å². The maximum atomic E-state index is 4.45. The van der Waals surface area contributed by atoms with Crippen LogP contribution in [0.1, 0.15) is 59.9 Å². The molecule has 1 aromatic heterocycles. The van der Waals surface area contributed by atoms with E-state index in [0.29, 0.717) is 0 Å². The fourth-order valence-electron chi connectivity index (χ4n) is 3.52. The first-order chi connectivity index (χ1) is 11.2. The highest BCUT2D eigenvalue weighted by Crippen LogP contribution is 2.43. The summed E-state index contributed by atoms with van der Waals surface area (Å²) < 4.78 is 2.21. The number of aryl methyl sites for hydroxylation is 1. The Bertz CT molecular complexity index is 820. The molecule has 0 aliphatic heterocycles. The van der Waals surface area contributed by atoms with Crippen molar-refractivity contribution in [2.45, 2.75) is 52.4 Å². The summed E-state index contributed by atoms with van der Waals surface area (Å²) in [7, 11) is 0. The second kappa shape index (κ2) is 5.48. The first kappa shape index (κ1) is 14.4. The van der Waals surface area contributed by atoms with E-state index in [2.05, 4.69) is 59.0 Å². The first-order valence-corrected chi connectivity index (χ1v) is 8.56. The van der Waals surface area contributed by atoms with Gasteiger partial charge in [-0.1, -0.05) is 24.3 Å². The summed E-state index contributed by atoms with van der Waals surface area (Å²) in [5.41, 5.74) is 6.69. The zero-order valence-electron chi connectivity index (χ0n) is 14.1. The highest BCUT2D eigenvalue weighted by molar-refractivity contribution is 5.72. The lowest BCUT2D eigenvalue weighted by atomic mass is 9.98. The Morgan fingerprint density at radius 3 is 2.52 bits per heavy atom. The van der Waals surface area contributed by atoms with Gasteiger partial charge in [-0.25, -0.2) is 0 Å². The third kappa shape index (κ3) is 2.44. The van der Waals surface area contributed by atoms with Gasteiger partial charge < -0.3 is 0 Å². The van der Waals surface area contributed by atoms with Gasteiger partial charge in [-0.05, 0) is 75.1 Å². The lowest BCUT2D eigenvalue weighted by Gasteiger charge is -2.17. The minimum absolute atomic E-state index is 0.785. The molecule has 0 saturated heterocycles. The van der Waals surface area contributed by atoms with Gasteiger partial charge in [-0.15, -0.1) is 10.2 Å². The van der Waals surface area contributed by atoms with Gasteiger partial charge in [0, 0.05) is 5.57 Å². The van der Waals surface area contributed by atoms with E-state index in [-0.39, 0.29) is 0 Å². The number of benzene rings is 1. The van der Waals surface area contributed by atoms with Crippen molar-refractivity contribution in [1.82, 2.24) is 14.8 Å². The van der Waals surface area contributed by atoms with Crippen LogP contribution >= 0.6 is 0 Å². The summed E-state index contributed by atoms with van der Waals surface area (Å²) in [5.74, 6) is 2.69. The maximum absolute atomic E-state index is 4.45. The van der Waals surface area contributed by atoms with Crippen molar-refractivity contribution in [3.05, 3.63) is 58.7 Å². The topological polar surface area (TPSA) is 30.7 Å². The molecule has 0 bridgehead atoms. The summed E-state index contributed by atoms with van der Waals surface area (Å²) in [6.45, 7) is 6.52. The van der Waals surface area contributed by atoms with E-state index in [1.54, 1.807) is 0 Å². The predicted molar refractivity (Wildman–Crippen MR) is 93.9 cm³/mol. The van der Waals surface area contributed by atoms with Crippen LogP contribution in [0.3, 0.4) is 0 Å². The highest BCUT2D eigenvalue weighted by Gasteiger charge is 2.26. The second-order valence-corrected chi connectivity index (χ2v) is 6.74. The van der Waals surface area contributed by atoms with Crippen molar-refractivity contribution in [2.24, 2.45) is 0 Å². The van der Waals surface area contributed by atoms with Crippen molar-refractivity contribution in [1.29, 1.82) is 0 Å². The number of rotatable bonds is 3. The van der Waals surface area contributed by atoms with Gasteiger partial charge in [-0.3, -0.25) is 4.57 Å². The fourth-order valence-corrected chi connectivity index (χ4v) is 3.52. The summed E-state index contributed by atoms with van der Waals surface area (Å²) in [6.07, 6.45) is 11.5. The molecule has 2 aliphatic carbocycles. The molecule has 0 unspecified atom stereocenters. The molecule has 3 heteroatoms. The smallest absolute Gasteiger partial charge is 0.168 e. The molecular weight excluding hydrogens is 282 g/mol. The van der Waals surface area contributed by atoms with Crippen LogP contribution in [0.5, 0.6) is 0 Å². The largest absolute Gasteiger partial charge is 0.279 e. The zero-order chi connectivity index (χ0) is 16.0. The molecule has 0 atom stereocenters. The van der Waals surface area contributed by atoms with E-state index < -0.39 is 0 Å². The van der Waals surface area contributed by atoms with Gasteiger partial charge in [0.1, 0.15) is 5.82 Å². The molecule has 0 N–H and O–H groups in total. The number of nitrogens with zero attached hydrogens (tertiary/aromatic N) is 3. The zero-order valence-corrected chi connectivity index (χ0v) is 14.1. The van der Waals surface area contributed by atoms with Gasteiger partial charge in [0.25, 0.3) is 0 Å². The van der Waals surface area contributed by atoms with Crippen molar-refractivity contribution in [2.75, 3.05) is 0 Å². The van der Waals surface area contributed by atoms with Crippen molar-refractivity contribution in [3.63, 3.8) is 0 Å². The van der Waals surface area contributed by atoms with Crippen LogP contribution in [0, 0.1) is 20.8 Å². The molecule has 4 rings (SSSR count). The Hall–Kier alpha value is -2.16. The number of hydrogen-bond donors (Lipinski definition) is 0. The van der Waals surface area contributed by atoms with Crippen LogP contribution in [-0.4, -0.2) is 14.8 Å². The van der Waals surface area contributed by atoms with Gasteiger partial charge in [-0.2, -0.15) is 0 Å². The van der Waals surface area contributed by atoms with Crippen molar-refractivity contribution < 1.29 is 0 Å². The second-order valence-electron chi connectivity index (χ2n) is 6.74. The van der Waals surface area contributed by atoms with E-state index in [1.807, 2.05) is 6.92 Å². The summed E-state index contributed by atoms with van der Waals surface area (Å²) in [6, 6.07) is 4.56. The van der Waals surface area contributed by atoms with Gasteiger partial charge in [0.2, 0.25) is 0 Å². The Kier molecular flexibility index (Phi) is 3.44. The molecule has 23 heavy (non-hydrogen) atoms. The minimum atomic E-state index is 0.785. The van der Waals surface area contributed by atoms with E-state index in [4.69, 9.17) is 0 Å². The van der Waals surface area contributed by atoms with Crippen molar-refractivity contribution >= 4 is 5.57 Å². The third-order valence-electron chi connectivity index (χ3n) is 5.14. The summed E-state index contributed by atoms with van der Waals surface area (Å²) in [5, 5.41) is 8.80. The molecule has 1 heterocycles. The Balaban J connectivity index is 1.85. The Labute approximate surface area is 137 Å². The lowest BCUT2D eigenvalue weighted by Crippen LogP contribution is -2.07.